The third kappa shape index (κ3) is 8.67. The van der Waals surface area contributed by atoms with E-state index in [0.29, 0.717) is 24.9 Å². The molecular weight excluding hydrogens is 297 g/mol. The Labute approximate surface area is 116 Å². The van der Waals surface area contributed by atoms with Gasteiger partial charge < -0.3 is 0 Å². The average Bonchev–Trinajstić information content (AvgIpc) is 2.37. The Kier molecular flexibility index (Phi) is 11.4. The van der Waals surface area contributed by atoms with Crippen LogP contribution >= 0.6 is 0 Å². The van der Waals surface area contributed by atoms with Crippen molar-refractivity contribution in [2.45, 2.75) is 51.3 Å². The van der Waals surface area contributed by atoms with Gasteiger partial charge in [-0.3, -0.25) is 0 Å². The monoisotopic (exact) mass is 323 g/mol. The second-order valence-corrected chi connectivity index (χ2v) is 6.38. The Morgan fingerprint density at radius 3 is 2.50 bits per heavy atom. The number of rotatable bonds is 11. The quantitative estimate of drug-likeness (QED) is 0.357. The summed E-state index contributed by atoms with van der Waals surface area (Å²) in [6.07, 6.45) is 4.41. The fraction of sp³-hybridized carbons (Fsp3) is 0.846. The van der Waals surface area contributed by atoms with Crippen LogP contribution in [0.5, 0.6) is 0 Å². The molecule has 0 aromatic carbocycles. The van der Waals surface area contributed by atoms with E-state index in [4.69, 9.17) is 10.5 Å². The van der Waals surface area contributed by atoms with Gasteiger partial charge in [-0.2, -0.15) is 0 Å². The average molecular weight is 322 g/mol. The van der Waals surface area contributed by atoms with Crippen molar-refractivity contribution in [2.75, 3.05) is 13.2 Å². The zero-order chi connectivity index (χ0) is 13.8. The summed E-state index contributed by atoms with van der Waals surface area (Å²) < 4.78 is 5.34. The number of nitrogens with two attached hydrogens (primary N) is 1. The number of carbonyl (C=O) groups excluding carboxylic acids is 2. The molecule has 0 bridgehead atoms. The molecule has 0 aromatic heterocycles. The van der Waals surface area contributed by atoms with E-state index in [0.717, 1.165) is 25.7 Å². The first-order chi connectivity index (χ1) is 8.65. The molecule has 0 aliphatic heterocycles. The van der Waals surface area contributed by atoms with Gasteiger partial charge in [-0.05, 0) is 0 Å². The van der Waals surface area contributed by atoms with Crippen LogP contribution in [-0.2, 0) is 14.3 Å². The molecule has 0 aliphatic rings. The van der Waals surface area contributed by atoms with Crippen molar-refractivity contribution in [1.29, 1.82) is 0 Å². The van der Waals surface area contributed by atoms with Crippen LogP contribution in [0.4, 0.5) is 0 Å². The van der Waals surface area contributed by atoms with Gasteiger partial charge in [0.05, 0.1) is 0 Å². The number of esters is 1. The summed E-state index contributed by atoms with van der Waals surface area (Å²) in [6, 6.07) is 0. The van der Waals surface area contributed by atoms with E-state index in [1.807, 2.05) is 13.8 Å². The van der Waals surface area contributed by atoms with Crippen LogP contribution in [-0.4, -0.2) is 38.8 Å². The first-order valence-electron chi connectivity index (χ1n) is 6.68. The molecule has 0 radical (unpaired) electrons. The summed E-state index contributed by atoms with van der Waals surface area (Å²) >= 11 is -0.0833. The van der Waals surface area contributed by atoms with Crippen molar-refractivity contribution in [3.8, 4) is 0 Å². The first-order valence-corrected chi connectivity index (χ1v) is 8.74. The topological polar surface area (TPSA) is 69.4 Å². The predicted molar refractivity (Wildman–Crippen MR) is 73.5 cm³/mol. The van der Waals surface area contributed by atoms with Gasteiger partial charge in [0.25, 0.3) is 0 Å². The molecule has 5 heteroatoms. The summed E-state index contributed by atoms with van der Waals surface area (Å²) in [5, 5.41) is 0.682. The predicted octanol–water partition coefficient (Wildman–Crippen LogP) is 1.74. The molecule has 0 saturated heterocycles. The molecule has 0 rings (SSSR count). The first kappa shape index (κ1) is 17.6. The van der Waals surface area contributed by atoms with Crippen molar-refractivity contribution in [3.05, 3.63) is 0 Å². The number of carbonyl (C=O) groups is 2. The van der Waals surface area contributed by atoms with Crippen LogP contribution in [0.15, 0.2) is 0 Å². The van der Waals surface area contributed by atoms with Crippen LogP contribution in [0.25, 0.3) is 0 Å². The maximum atomic E-state index is 11.8. The van der Waals surface area contributed by atoms with Crippen molar-refractivity contribution in [2.24, 2.45) is 11.7 Å². The number of hydrogen-bond acceptors (Lipinski definition) is 4. The van der Waals surface area contributed by atoms with Crippen LogP contribution in [0, 0.1) is 5.92 Å². The summed E-state index contributed by atoms with van der Waals surface area (Å²) in [6.45, 7) is 4.78. The van der Waals surface area contributed by atoms with Crippen LogP contribution in [0.2, 0.25) is 5.32 Å². The molecule has 0 amide bonds. The van der Waals surface area contributed by atoms with E-state index >= 15 is 0 Å². The van der Waals surface area contributed by atoms with Gasteiger partial charge in [0, 0.05) is 0 Å². The molecule has 0 aromatic rings. The molecule has 0 fully saturated rings. The van der Waals surface area contributed by atoms with Gasteiger partial charge in [-0.15, -0.1) is 0 Å². The Hall–Kier alpha value is -0.381. The molecule has 4 nitrogen and oxygen atoms in total. The van der Waals surface area contributed by atoms with E-state index in [2.05, 4.69) is 0 Å². The van der Waals surface area contributed by atoms with E-state index in [-0.39, 0.29) is 31.5 Å². The Balaban J connectivity index is 4.07. The third-order valence-corrected chi connectivity index (χ3v) is 5.09. The molecule has 1 atom stereocenters. The maximum absolute atomic E-state index is 11.8. The molecule has 18 heavy (non-hydrogen) atoms. The van der Waals surface area contributed by atoms with Gasteiger partial charge in [0.15, 0.2) is 0 Å². The molecule has 0 heterocycles. The van der Waals surface area contributed by atoms with Crippen molar-refractivity contribution < 1.29 is 14.3 Å². The summed E-state index contributed by atoms with van der Waals surface area (Å²) in [5.41, 5.74) is 5.44. The molecule has 2 N–H and O–H groups in total. The Bertz CT molecular complexity index is 246. The van der Waals surface area contributed by atoms with Gasteiger partial charge >= 0.3 is 116 Å². The molecular formula is C13H25NO3Se. The van der Waals surface area contributed by atoms with Crippen molar-refractivity contribution in [3.63, 3.8) is 0 Å². The fourth-order valence-corrected chi connectivity index (χ4v) is 3.41. The van der Waals surface area contributed by atoms with Gasteiger partial charge in [-0.25, -0.2) is 0 Å². The van der Waals surface area contributed by atoms with Gasteiger partial charge in [0.1, 0.15) is 0 Å². The van der Waals surface area contributed by atoms with Crippen LogP contribution < -0.4 is 5.73 Å². The molecule has 106 valence electrons. The van der Waals surface area contributed by atoms with Crippen molar-refractivity contribution in [1.82, 2.24) is 0 Å². The summed E-state index contributed by atoms with van der Waals surface area (Å²) in [4.78, 5) is 23.1. The second-order valence-electron chi connectivity index (χ2n) is 4.12. The summed E-state index contributed by atoms with van der Waals surface area (Å²) in [7, 11) is 0. The third-order valence-electron chi connectivity index (χ3n) is 2.61. The van der Waals surface area contributed by atoms with Crippen LogP contribution in [0.3, 0.4) is 0 Å². The van der Waals surface area contributed by atoms with Gasteiger partial charge in [0.2, 0.25) is 0 Å². The van der Waals surface area contributed by atoms with E-state index in [9.17, 15) is 9.59 Å². The zero-order valence-electron chi connectivity index (χ0n) is 11.4. The van der Waals surface area contributed by atoms with E-state index < -0.39 is 0 Å². The van der Waals surface area contributed by atoms with E-state index in [1.165, 1.54) is 0 Å². The van der Waals surface area contributed by atoms with E-state index in [1.54, 1.807) is 0 Å². The normalized spacial score (nSPS) is 12.2. The SMILES string of the molecule is CCOC(=O)C(CCCCCN)C[Se]C(=O)CC. The minimum absolute atomic E-state index is 0.0833. The summed E-state index contributed by atoms with van der Waals surface area (Å²) in [5.74, 6) is -0.241. The molecule has 0 spiro atoms. The molecule has 1 unspecified atom stereocenters. The van der Waals surface area contributed by atoms with Gasteiger partial charge in [-0.1, -0.05) is 0 Å². The molecule has 0 saturated carbocycles. The number of hydrogen-bond donors (Lipinski definition) is 1. The fourth-order valence-electron chi connectivity index (χ4n) is 1.54. The van der Waals surface area contributed by atoms with Crippen LogP contribution in [0.1, 0.15) is 46.0 Å². The second kappa shape index (κ2) is 11.7. The Morgan fingerprint density at radius 2 is 1.94 bits per heavy atom. The number of ether oxygens (including phenoxy) is 1. The Morgan fingerprint density at radius 1 is 1.22 bits per heavy atom. The van der Waals surface area contributed by atoms with Crippen molar-refractivity contribution >= 4 is 25.6 Å². The molecule has 0 aliphatic carbocycles. The zero-order valence-corrected chi connectivity index (χ0v) is 13.2. The minimum atomic E-state index is -0.143. The number of unbranched alkanes of at least 4 members (excludes halogenated alkanes) is 2. The standard InChI is InChI=1S/C13H25NO3Se/c1-3-12(15)18-10-11(13(16)17-4-2)8-6-5-7-9-14/h11H,3-10,14H2,1-2H3.